The minimum absolute atomic E-state index is 0.442. The molecule has 3 aromatic heterocycles. The number of hydrogen-bond donors (Lipinski definition) is 2. The largest absolute Gasteiger partial charge is 0.464 e. The third-order valence-electron chi connectivity index (χ3n) is 28.8. The molecular formula is C131H97NO2S. The van der Waals surface area contributed by atoms with E-state index in [1.807, 2.05) is 53.9 Å². The van der Waals surface area contributed by atoms with Crippen LogP contribution in [0.2, 0.25) is 0 Å². The summed E-state index contributed by atoms with van der Waals surface area (Å²) < 4.78 is 5.40. The van der Waals surface area contributed by atoms with Crippen LogP contribution < -0.4 is 0 Å². The van der Waals surface area contributed by atoms with Gasteiger partial charge < -0.3 is 14.5 Å². The van der Waals surface area contributed by atoms with E-state index in [1.165, 1.54) is 239 Å². The first-order chi connectivity index (χ1) is 66.9. The number of H-pyrrole nitrogens is 1. The lowest BCUT2D eigenvalue weighted by molar-refractivity contribution is 0.225. The molecule has 3 heterocycles. The van der Waals surface area contributed by atoms with Crippen LogP contribution >= 0.6 is 11.3 Å². The molecule has 32 rings (SSSR count). The molecule has 644 valence electrons. The normalized spacial score (nSPS) is 12.9. The number of fused-ring (bicyclic) bond motifs is 36. The van der Waals surface area contributed by atoms with Gasteiger partial charge in [0.2, 0.25) is 0 Å². The fourth-order valence-corrected chi connectivity index (χ4v) is 23.4. The van der Waals surface area contributed by atoms with Gasteiger partial charge in [0.15, 0.2) is 0 Å². The summed E-state index contributed by atoms with van der Waals surface area (Å²) in [6.45, 7) is 0. The predicted molar refractivity (Wildman–Crippen MR) is 563 cm³/mol. The van der Waals surface area contributed by atoms with E-state index in [-0.39, 0.29) is 0 Å². The molecule has 0 saturated heterocycles. The number of aliphatic hydroxyl groups excluding tert-OH is 1. The van der Waals surface area contributed by atoms with Crippen LogP contribution in [0.3, 0.4) is 0 Å². The molecule has 22 aromatic rings. The predicted octanol–water partition coefficient (Wildman–Crippen LogP) is 33.0. The first-order valence-corrected chi connectivity index (χ1v) is 48.4. The smallest absolute Gasteiger partial charge is 0.137 e. The van der Waals surface area contributed by atoms with Crippen LogP contribution in [0.1, 0.15) is 117 Å². The second-order valence-corrected chi connectivity index (χ2v) is 37.5. The number of aromatic nitrogens is 1. The molecule has 10 aliphatic carbocycles. The number of furan rings is 1. The fourth-order valence-electron chi connectivity index (χ4n) is 22.4. The summed E-state index contributed by atoms with van der Waals surface area (Å²) in [5, 5.41) is 20.4. The molecule has 0 spiro atoms. The molecule has 0 amide bonds. The van der Waals surface area contributed by atoms with E-state index in [0.717, 1.165) is 79.4 Å². The van der Waals surface area contributed by atoms with Crippen molar-refractivity contribution in [3.05, 3.63) is 560 Å². The Balaban J connectivity index is 0.0000000838. The highest BCUT2D eigenvalue weighted by Gasteiger charge is 2.30. The topological polar surface area (TPSA) is 49.2 Å². The molecular weight excluding hydrogens is 1650 g/mol. The first-order valence-electron chi connectivity index (χ1n) is 47.5. The Morgan fingerprint density at radius 3 is 1.04 bits per heavy atom. The lowest BCUT2D eigenvalue weighted by Gasteiger charge is -2.19. The van der Waals surface area contributed by atoms with Gasteiger partial charge >= 0.3 is 0 Å². The van der Waals surface area contributed by atoms with Gasteiger partial charge in [-0.1, -0.05) is 400 Å². The van der Waals surface area contributed by atoms with Gasteiger partial charge in [0.1, 0.15) is 11.9 Å². The average Bonchev–Trinajstić information content (AvgIpc) is 1.56. The van der Waals surface area contributed by atoms with Crippen LogP contribution in [0, 0.1) is 0 Å². The maximum Gasteiger partial charge on any atom is 0.137 e. The van der Waals surface area contributed by atoms with Crippen molar-refractivity contribution in [1.29, 1.82) is 0 Å². The number of aromatic amines is 1. The molecule has 0 aliphatic heterocycles. The number of rotatable bonds is 0. The van der Waals surface area contributed by atoms with E-state index in [0.29, 0.717) is 0 Å². The molecule has 19 aromatic carbocycles. The summed E-state index contributed by atoms with van der Waals surface area (Å²) in [7, 11) is 0. The number of aryl methyl sites for hydroxylation is 2. The van der Waals surface area contributed by atoms with Crippen molar-refractivity contribution in [2.45, 2.75) is 70.3 Å². The zero-order valence-electron chi connectivity index (χ0n) is 75.1. The second-order valence-electron chi connectivity index (χ2n) is 36.6. The quantitative estimate of drug-likeness (QED) is 0.159. The molecule has 0 atom stereocenters. The average molecular weight is 1750 g/mol. The number of nitrogens with one attached hydrogen (secondary N) is 1. The van der Waals surface area contributed by atoms with Crippen LogP contribution in [-0.2, 0) is 64.2 Å². The molecule has 0 radical (unpaired) electrons. The molecule has 4 heteroatoms. The van der Waals surface area contributed by atoms with Gasteiger partial charge in [-0.3, -0.25) is 0 Å². The van der Waals surface area contributed by atoms with Crippen molar-refractivity contribution in [1.82, 2.24) is 4.98 Å². The first kappa shape index (κ1) is 82.3. The Labute approximate surface area is 793 Å². The van der Waals surface area contributed by atoms with Gasteiger partial charge in [0, 0.05) is 46.3 Å². The minimum atomic E-state index is -0.442. The van der Waals surface area contributed by atoms with E-state index < -0.39 is 6.10 Å². The molecule has 10 aliphatic rings. The van der Waals surface area contributed by atoms with Crippen molar-refractivity contribution in [2.24, 2.45) is 0 Å². The van der Waals surface area contributed by atoms with Crippen molar-refractivity contribution >= 4 is 43.7 Å². The Morgan fingerprint density at radius 1 is 0.222 bits per heavy atom. The fraction of sp³-hybridized carbons (Fsp3) is 0.0840. The number of benzene rings is 19. The molecule has 0 saturated carbocycles. The van der Waals surface area contributed by atoms with E-state index in [9.17, 15) is 5.11 Å². The van der Waals surface area contributed by atoms with E-state index >= 15 is 0 Å². The SMILES string of the molecule is OC1c2ccccc2-c2ccccc21.c1ccc2c(c1)CCc1ccccc1-2.c1ccc2c(c1)Cc1cc3c(cc1-2)Cc1ccccc1-3.c1ccc2c(c1)Cc1cc[nH]c1-2.c1ccc2c(c1)Cc1ccc3ccccc3c1-2.c1ccc2c(c1)Cc1ccccc1-2.c1ccc2c(c1)Cc1ccoc1-2.c1ccc2c(c1)Cc1ccsc1-2.c1ccc2c3c(ccc2c1)Cc1ccc2ccccc2c1-3. The van der Waals surface area contributed by atoms with E-state index in [1.54, 1.807) is 6.26 Å². The Kier molecular flexibility index (Phi) is 22.0. The monoisotopic (exact) mass is 1750 g/mol. The summed E-state index contributed by atoms with van der Waals surface area (Å²) in [6, 6.07) is 154. The van der Waals surface area contributed by atoms with Gasteiger partial charge in [-0.2, -0.15) is 0 Å². The molecule has 135 heavy (non-hydrogen) atoms. The summed E-state index contributed by atoms with van der Waals surface area (Å²) in [4.78, 5) is 4.75. The molecule has 2 N–H and O–H groups in total. The highest BCUT2D eigenvalue weighted by atomic mass is 32.1. The molecule has 0 fully saturated rings. The molecule has 0 unspecified atom stereocenters. The Morgan fingerprint density at radius 2 is 0.541 bits per heavy atom. The molecule has 0 bridgehead atoms. The zero-order chi connectivity index (χ0) is 89.7. The van der Waals surface area contributed by atoms with E-state index in [4.69, 9.17) is 4.42 Å². The number of hydrogen-bond acceptors (Lipinski definition) is 3. The van der Waals surface area contributed by atoms with Crippen LogP contribution in [-0.4, -0.2) is 10.1 Å². The van der Waals surface area contributed by atoms with E-state index in [2.05, 4.69) is 405 Å². The highest BCUT2D eigenvalue weighted by Crippen LogP contribution is 2.50. The second kappa shape index (κ2) is 36.0. The minimum Gasteiger partial charge on any atom is -0.464 e. The lowest BCUT2D eigenvalue weighted by Crippen LogP contribution is -2.02. The zero-order valence-corrected chi connectivity index (χ0v) is 76.0. The van der Waals surface area contributed by atoms with Crippen LogP contribution in [0.5, 0.6) is 0 Å². The van der Waals surface area contributed by atoms with Crippen molar-refractivity contribution in [2.75, 3.05) is 0 Å². The standard InChI is InChI=1S/C21H14.C20H14.C17H12.C14H12.C13H10O.C13H10.C11H9N.C11H8O.C11H8S/c1-3-7-18-14(5-1)9-11-16-13-17-12-10-15-6-2-4-8-19(15)21(17)20(16)18;1-3-7-17-13(5-1)9-15-11-20-16(12-19(15)17)10-14-6-2-4-8-18(14)20;1-3-7-15-12(5-1)9-10-14-11-13-6-2-4-8-16(13)17(14)15;1-3-7-13-11(5-1)9-10-12-6-2-4-8-14(12)13;14-13-11-7-3-1-5-9(11)10-6-2-4-8-12(10)13;1-3-7-12-10(5-1)9-11-6-2-4-8-13(11)12;3*1-2-4-10-8(3-1)7-9-5-6-12-11(9)10/h1-12H,13H2;1-8,11-12H,9-10H2;1-10H,11H2;1-8H,9-10H2;1-8,13-14H;1-8H,9H2;1-6,12H,7H2;2*1-6H,7H2. The third-order valence-corrected chi connectivity index (χ3v) is 29.8. The summed E-state index contributed by atoms with van der Waals surface area (Å²) in [5.74, 6) is 1.06. The molecule has 3 nitrogen and oxygen atoms in total. The van der Waals surface area contributed by atoms with Gasteiger partial charge in [-0.25, -0.2) is 0 Å². The van der Waals surface area contributed by atoms with Gasteiger partial charge in [-0.05, 0) is 309 Å². The Hall–Kier alpha value is -15.8. The van der Waals surface area contributed by atoms with Crippen LogP contribution in [0.4, 0.5) is 0 Å². The summed E-state index contributed by atoms with van der Waals surface area (Å²) in [6.07, 6.45) is 14.4. The lowest BCUT2D eigenvalue weighted by atomic mass is 9.86. The van der Waals surface area contributed by atoms with Crippen molar-refractivity contribution in [3.63, 3.8) is 0 Å². The van der Waals surface area contributed by atoms with Gasteiger partial charge in [-0.15, -0.1) is 11.3 Å². The van der Waals surface area contributed by atoms with Crippen molar-refractivity contribution < 1.29 is 9.52 Å². The van der Waals surface area contributed by atoms with Gasteiger partial charge in [0.25, 0.3) is 0 Å². The van der Waals surface area contributed by atoms with Crippen LogP contribution in [0.25, 0.3) is 143 Å². The maximum atomic E-state index is 10.0. The number of thiophene rings is 1. The van der Waals surface area contributed by atoms with Gasteiger partial charge in [0.05, 0.1) is 6.26 Å². The van der Waals surface area contributed by atoms with Crippen LogP contribution in [0.15, 0.2) is 453 Å². The number of aliphatic hydroxyl groups is 1. The van der Waals surface area contributed by atoms with Crippen molar-refractivity contribution in [3.8, 4) is 111 Å². The summed E-state index contributed by atoms with van der Waals surface area (Å²) in [5.41, 5.74) is 53.2. The maximum absolute atomic E-state index is 10.0. The third kappa shape index (κ3) is 15.7. The Bertz CT molecular complexity index is 7800. The highest BCUT2D eigenvalue weighted by molar-refractivity contribution is 7.13. The summed E-state index contributed by atoms with van der Waals surface area (Å²) >= 11 is 1.85.